The molecule has 0 aliphatic carbocycles. The summed E-state index contributed by atoms with van der Waals surface area (Å²) in [5.74, 6) is 0.745. The van der Waals surface area contributed by atoms with Crippen molar-refractivity contribution in [3.05, 3.63) is 59.3 Å². The SMILES string of the molecule is Cc1ccnc(N(CCCN)Cc2ccccc2)c1C#N. The third-order valence-electron chi connectivity index (χ3n) is 3.40. The van der Waals surface area contributed by atoms with E-state index < -0.39 is 0 Å². The molecular formula is C17H20N4. The van der Waals surface area contributed by atoms with Gasteiger partial charge in [-0.2, -0.15) is 5.26 Å². The lowest BCUT2D eigenvalue weighted by Gasteiger charge is -2.25. The van der Waals surface area contributed by atoms with Crippen molar-refractivity contribution < 1.29 is 0 Å². The number of nitrogens with two attached hydrogens (primary N) is 1. The highest BCUT2D eigenvalue weighted by molar-refractivity contribution is 5.57. The minimum atomic E-state index is 0.624. The summed E-state index contributed by atoms with van der Waals surface area (Å²) in [5.41, 5.74) is 8.43. The lowest BCUT2D eigenvalue weighted by Crippen LogP contribution is -2.27. The minimum absolute atomic E-state index is 0.624. The Labute approximate surface area is 125 Å². The molecule has 4 nitrogen and oxygen atoms in total. The van der Waals surface area contributed by atoms with Gasteiger partial charge in [0.1, 0.15) is 11.9 Å². The van der Waals surface area contributed by atoms with Crippen molar-refractivity contribution in [2.24, 2.45) is 5.73 Å². The molecule has 0 amide bonds. The van der Waals surface area contributed by atoms with Crippen LogP contribution in [-0.4, -0.2) is 18.1 Å². The van der Waals surface area contributed by atoms with E-state index >= 15 is 0 Å². The maximum Gasteiger partial charge on any atom is 0.147 e. The quantitative estimate of drug-likeness (QED) is 0.883. The summed E-state index contributed by atoms with van der Waals surface area (Å²) in [7, 11) is 0. The molecule has 0 bridgehead atoms. The van der Waals surface area contributed by atoms with Crippen molar-refractivity contribution >= 4 is 5.82 Å². The number of aromatic nitrogens is 1. The summed E-state index contributed by atoms with van der Waals surface area (Å²) in [4.78, 5) is 6.56. The Morgan fingerprint density at radius 3 is 2.67 bits per heavy atom. The highest BCUT2D eigenvalue weighted by atomic mass is 15.2. The Morgan fingerprint density at radius 2 is 2.00 bits per heavy atom. The van der Waals surface area contributed by atoms with Gasteiger partial charge in [-0.1, -0.05) is 30.3 Å². The second-order valence-corrected chi connectivity index (χ2v) is 4.99. The fourth-order valence-electron chi connectivity index (χ4n) is 2.27. The molecule has 0 fully saturated rings. The summed E-state index contributed by atoms with van der Waals surface area (Å²) in [6.45, 7) is 4.08. The smallest absolute Gasteiger partial charge is 0.147 e. The maximum absolute atomic E-state index is 9.40. The molecule has 0 aliphatic heterocycles. The van der Waals surface area contributed by atoms with Crippen LogP contribution in [-0.2, 0) is 6.54 Å². The third-order valence-corrected chi connectivity index (χ3v) is 3.40. The van der Waals surface area contributed by atoms with Crippen LogP contribution in [0.3, 0.4) is 0 Å². The first-order valence-corrected chi connectivity index (χ1v) is 7.11. The molecule has 21 heavy (non-hydrogen) atoms. The lowest BCUT2D eigenvalue weighted by molar-refractivity contribution is 0.724. The van der Waals surface area contributed by atoms with E-state index in [1.165, 1.54) is 5.56 Å². The van der Waals surface area contributed by atoms with E-state index in [4.69, 9.17) is 5.73 Å². The number of hydrogen-bond acceptors (Lipinski definition) is 4. The Bertz CT molecular complexity index is 616. The zero-order chi connectivity index (χ0) is 15.1. The van der Waals surface area contributed by atoms with Crippen LogP contribution in [0.5, 0.6) is 0 Å². The molecular weight excluding hydrogens is 260 g/mol. The molecule has 1 aromatic carbocycles. The standard InChI is InChI=1S/C17H20N4/c1-14-8-10-20-17(16(14)12-19)21(11-5-9-18)13-15-6-3-2-4-7-15/h2-4,6-8,10H,5,9,11,13,18H2,1H3. The monoisotopic (exact) mass is 280 g/mol. The van der Waals surface area contributed by atoms with Crippen molar-refractivity contribution in [3.8, 4) is 6.07 Å². The molecule has 2 rings (SSSR count). The zero-order valence-corrected chi connectivity index (χ0v) is 12.3. The molecule has 1 heterocycles. The molecule has 0 atom stereocenters. The van der Waals surface area contributed by atoms with Crippen molar-refractivity contribution in [3.63, 3.8) is 0 Å². The molecule has 4 heteroatoms. The maximum atomic E-state index is 9.40. The fourth-order valence-corrected chi connectivity index (χ4v) is 2.27. The van der Waals surface area contributed by atoms with Crippen LogP contribution >= 0.6 is 0 Å². The number of pyridine rings is 1. The number of benzene rings is 1. The van der Waals surface area contributed by atoms with Crippen LogP contribution < -0.4 is 10.6 Å². The van der Waals surface area contributed by atoms with E-state index in [0.717, 1.165) is 30.9 Å². The van der Waals surface area contributed by atoms with Gasteiger partial charge in [0.05, 0.1) is 5.56 Å². The summed E-state index contributed by atoms with van der Waals surface area (Å²) in [6.07, 6.45) is 2.62. The third kappa shape index (κ3) is 3.80. The van der Waals surface area contributed by atoms with Gasteiger partial charge in [0.2, 0.25) is 0 Å². The molecule has 0 spiro atoms. The van der Waals surface area contributed by atoms with E-state index in [0.29, 0.717) is 12.1 Å². The van der Waals surface area contributed by atoms with Gasteiger partial charge >= 0.3 is 0 Å². The van der Waals surface area contributed by atoms with Gasteiger partial charge in [0.15, 0.2) is 0 Å². The van der Waals surface area contributed by atoms with Crippen LogP contribution in [0.4, 0.5) is 5.82 Å². The molecule has 2 aromatic rings. The largest absolute Gasteiger partial charge is 0.351 e. The Kier molecular flexibility index (Phi) is 5.30. The number of hydrogen-bond donors (Lipinski definition) is 1. The molecule has 0 aliphatic rings. The van der Waals surface area contributed by atoms with Crippen LogP contribution in [0, 0.1) is 18.3 Å². The predicted octanol–water partition coefficient (Wildman–Crippen LogP) is 2.62. The molecule has 0 radical (unpaired) electrons. The first kappa shape index (κ1) is 15.0. The van der Waals surface area contributed by atoms with Gasteiger partial charge in [-0.05, 0) is 37.1 Å². The highest BCUT2D eigenvalue weighted by Crippen LogP contribution is 2.22. The Balaban J connectivity index is 2.32. The summed E-state index contributed by atoms with van der Waals surface area (Å²) in [6, 6.07) is 14.3. The van der Waals surface area contributed by atoms with Crippen LogP contribution in [0.1, 0.15) is 23.1 Å². The Morgan fingerprint density at radius 1 is 1.24 bits per heavy atom. The van der Waals surface area contributed by atoms with Gasteiger partial charge in [-0.15, -0.1) is 0 Å². The number of nitriles is 1. The predicted molar refractivity (Wildman–Crippen MR) is 84.9 cm³/mol. The van der Waals surface area contributed by atoms with Crippen LogP contribution in [0.25, 0.3) is 0 Å². The molecule has 108 valence electrons. The minimum Gasteiger partial charge on any atom is -0.351 e. The number of anilines is 1. The zero-order valence-electron chi connectivity index (χ0n) is 12.3. The lowest BCUT2D eigenvalue weighted by atomic mass is 10.1. The average molecular weight is 280 g/mol. The fraction of sp³-hybridized carbons (Fsp3) is 0.294. The normalized spacial score (nSPS) is 10.1. The summed E-state index contributed by atoms with van der Waals surface area (Å²) in [5, 5.41) is 9.40. The molecule has 0 unspecified atom stereocenters. The van der Waals surface area contributed by atoms with Crippen molar-refractivity contribution in [1.82, 2.24) is 4.98 Å². The number of rotatable bonds is 6. The highest BCUT2D eigenvalue weighted by Gasteiger charge is 2.14. The van der Waals surface area contributed by atoms with E-state index in [1.54, 1.807) is 6.20 Å². The van der Waals surface area contributed by atoms with Crippen LogP contribution in [0.2, 0.25) is 0 Å². The van der Waals surface area contributed by atoms with Crippen molar-refractivity contribution in [2.45, 2.75) is 19.9 Å². The van der Waals surface area contributed by atoms with Gasteiger partial charge in [-0.25, -0.2) is 4.98 Å². The van der Waals surface area contributed by atoms with Gasteiger partial charge in [-0.3, -0.25) is 0 Å². The number of aryl methyl sites for hydroxylation is 1. The van der Waals surface area contributed by atoms with E-state index in [-0.39, 0.29) is 0 Å². The first-order valence-electron chi connectivity index (χ1n) is 7.11. The van der Waals surface area contributed by atoms with E-state index in [1.807, 2.05) is 31.2 Å². The van der Waals surface area contributed by atoms with E-state index in [2.05, 4.69) is 28.1 Å². The number of nitrogens with zero attached hydrogens (tertiary/aromatic N) is 3. The van der Waals surface area contributed by atoms with Crippen molar-refractivity contribution in [2.75, 3.05) is 18.0 Å². The first-order chi connectivity index (χ1) is 10.3. The Hall–Kier alpha value is -2.38. The molecule has 1 aromatic heterocycles. The second-order valence-electron chi connectivity index (χ2n) is 4.99. The summed E-state index contributed by atoms with van der Waals surface area (Å²) < 4.78 is 0. The van der Waals surface area contributed by atoms with Gasteiger partial charge < -0.3 is 10.6 Å². The molecule has 0 saturated heterocycles. The van der Waals surface area contributed by atoms with Gasteiger partial charge in [0, 0.05) is 19.3 Å². The molecule has 0 saturated carbocycles. The topological polar surface area (TPSA) is 65.9 Å². The van der Waals surface area contributed by atoms with Gasteiger partial charge in [0.25, 0.3) is 0 Å². The van der Waals surface area contributed by atoms with Crippen molar-refractivity contribution in [1.29, 1.82) is 5.26 Å². The second kappa shape index (κ2) is 7.41. The average Bonchev–Trinajstić information content (AvgIpc) is 2.52. The van der Waals surface area contributed by atoms with Crippen LogP contribution in [0.15, 0.2) is 42.6 Å². The summed E-state index contributed by atoms with van der Waals surface area (Å²) >= 11 is 0. The van der Waals surface area contributed by atoms with E-state index in [9.17, 15) is 5.26 Å². The molecule has 2 N–H and O–H groups in total.